The van der Waals surface area contributed by atoms with E-state index in [0.29, 0.717) is 17.9 Å². The molecule has 1 aliphatic rings. The summed E-state index contributed by atoms with van der Waals surface area (Å²) in [4.78, 5) is 22.2. The molecule has 3 rings (SSSR count). The second kappa shape index (κ2) is 4.75. The molecule has 0 aromatic carbocycles. The lowest BCUT2D eigenvalue weighted by Gasteiger charge is -2.35. The minimum Gasteiger partial charge on any atom is -0.320 e. The molecule has 20 heavy (non-hydrogen) atoms. The summed E-state index contributed by atoms with van der Waals surface area (Å²) in [5.41, 5.74) is 1.35. The smallest absolute Gasteiger partial charge is 0.247 e. The van der Waals surface area contributed by atoms with Crippen LogP contribution in [0.3, 0.4) is 0 Å². The number of hydrogen-bond donors (Lipinski definition) is 1. The highest BCUT2D eigenvalue weighted by atomic mass is 35.5. The molecule has 0 radical (unpaired) electrons. The molecule has 0 spiro atoms. The third-order valence-corrected chi connectivity index (χ3v) is 3.38. The average Bonchev–Trinajstić information content (AvgIpc) is 2.84. The molecule has 0 aliphatic carbocycles. The Morgan fingerprint density at radius 1 is 1.45 bits per heavy atom. The number of amides is 1. The van der Waals surface area contributed by atoms with E-state index in [-0.39, 0.29) is 17.2 Å². The summed E-state index contributed by atoms with van der Waals surface area (Å²) in [6.07, 6.45) is 5.68. The first-order chi connectivity index (χ1) is 9.60. The molecule has 3 heterocycles. The van der Waals surface area contributed by atoms with Crippen molar-refractivity contribution in [3.63, 3.8) is 0 Å². The number of nitrogens with one attached hydrogen (secondary N) is 1. The molecule has 0 saturated heterocycles. The number of fused-ring (bicyclic) bond motifs is 1. The van der Waals surface area contributed by atoms with E-state index in [4.69, 9.17) is 11.6 Å². The van der Waals surface area contributed by atoms with Crippen molar-refractivity contribution >= 4 is 34.7 Å². The first-order valence-corrected chi connectivity index (χ1v) is 6.59. The van der Waals surface area contributed by atoms with Crippen molar-refractivity contribution in [2.24, 2.45) is 7.05 Å². The molecule has 1 aliphatic heterocycles. The summed E-state index contributed by atoms with van der Waals surface area (Å²) in [5.74, 6) is 0.499. The van der Waals surface area contributed by atoms with Crippen LogP contribution < -0.4 is 10.2 Å². The molecule has 1 N–H and O–H groups in total. The number of rotatable bonds is 2. The number of nitrogens with zero attached hydrogens (tertiary/aromatic N) is 5. The van der Waals surface area contributed by atoms with Crippen LogP contribution in [-0.4, -0.2) is 31.7 Å². The normalized spacial score (nSPS) is 17.9. The second-order valence-corrected chi connectivity index (χ2v) is 4.87. The predicted octanol–water partition coefficient (Wildman–Crippen LogP) is 1.73. The van der Waals surface area contributed by atoms with Crippen LogP contribution >= 0.6 is 11.6 Å². The topological polar surface area (TPSA) is 75.9 Å². The largest absolute Gasteiger partial charge is 0.320 e. The van der Waals surface area contributed by atoms with E-state index in [1.54, 1.807) is 10.9 Å². The Hall–Kier alpha value is -2.15. The van der Waals surface area contributed by atoms with Crippen LogP contribution in [0.1, 0.15) is 13.3 Å². The molecule has 1 amide bonds. The summed E-state index contributed by atoms with van der Waals surface area (Å²) in [7, 11) is 1.82. The highest BCUT2D eigenvalue weighted by molar-refractivity contribution is 6.28. The molecule has 7 nitrogen and oxygen atoms in total. The lowest BCUT2D eigenvalue weighted by Crippen LogP contribution is -2.45. The highest BCUT2D eigenvalue weighted by Gasteiger charge is 2.34. The van der Waals surface area contributed by atoms with Gasteiger partial charge in [-0.1, -0.05) is 6.92 Å². The monoisotopic (exact) mass is 292 g/mol. The second-order valence-electron chi connectivity index (χ2n) is 4.53. The van der Waals surface area contributed by atoms with Gasteiger partial charge in [-0.25, -0.2) is 4.98 Å². The molecule has 0 saturated carbocycles. The zero-order valence-corrected chi connectivity index (χ0v) is 11.8. The number of carbonyl (C=O) groups is 1. The molecule has 104 valence electrons. The van der Waals surface area contributed by atoms with E-state index in [2.05, 4.69) is 20.4 Å². The van der Waals surface area contributed by atoms with E-state index in [1.807, 2.05) is 25.1 Å². The molecule has 2 aromatic rings. The Balaban J connectivity index is 2.17. The first-order valence-electron chi connectivity index (χ1n) is 6.21. The van der Waals surface area contributed by atoms with Gasteiger partial charge in [0.2, 0.25) is 11.2 Å². The number of aromatic nitrogens is 4. The molecule has 8 heteroatoms. The molecule has 1 atom stereocenters. The zero-order valence-electron chi connectivity index (χ0n) is 11.0. The van der Waals surface area contributed by atoms with Gasteiger partial charge in [0.1, 0.15) is 11.7 Å². The van der Waals surface area contributed by atoms with E-state index in [0.717, 1.165) is 5.69 Å². The summed E-state index contributed by atoms with van der Waals surface area (Å²) in [6.45, 7) is 1.95. The van der Waals surface area contributed by atoms with E-state index < -0.39 is 0 Å². The fourth-order valence-electron chi connectivity index (χ4n) is 2.31. The minimum atomic E-state index is -0.349. The maximum absolute atomic E-state index is 12.2. The van der Waals surface area contributed by atoms with E-state index in [9.17, 15) is 4.79 Å². The van der Waals surface area contributed by atoms with Crippen LogP contribution in [0.15, 0.2) is 18.6 Å². The third kappa shape index (κ3) is 2.00. The first kappa shape index (κ1) is 12.9. The van der Waals surface area contributed by atoms with E-state index in [1.165, 1.54) is 6.20 Å². The van der Waals surface area contributed by atoms with Gasteiger partial charge in [-0.2, -0.15) is 10.1 Å². The summed E-state index contributed by atoms with van der Waals surface area (Å²) >= 11 is 5.88. The Kier molecular flexibility index (Phi) is 3.06. The van der Waals surface area contributed by atoms with Crippen molar-refractivity contribution in [2.75, 3.05) is 10.2 Å². The van der Waals surface area contributed by atoms with Crippen molar-refractivity contribution in [1.82, 2.24) is 19.7 Å². The van der Waals surface area contributed by atoms with Gasteiger partial charge in [-0.3, -0.25) is 9.48 Å². The summed E-state index contributed by atoms with van der Waals surface area (Å²) in [5, 5.41) is 7.09. The van der Waals surface area contributed by atoms with Gasteiger partial charge in [0, 0.05) is 13.2 Å². The molecule has 0 fully saturated rings. The van der Waals surface area contributed by atoms with Crippen molar-refractivity contribution in [2.45, 2.75) is 19.4 Å². The highest BCUT2D eigenvalue weighted by Crippen LogP contribution is 2.36. The third-order valence-electron chi connectivity index (χ3n) is 3.20. The number of aryl methyl sites for hydroxylation is 1. The number of halogens is 1. The minimum absolute atomic E-state index is 0.0882. The van der Waals surface area contributed by atoms with Crippen LogP contribution in [-0.2, 0) is 11.8 Å². The van der Waals surface area contributed by atoms with Crippen molar-refractivity contribution in [1.29, 1.82) is 0 Å². The van der Waals surface area contributed by atoms with Crippen molar-refractivity contribution < 1.29 is 4.79 Å². The molecular weight excluding hydrogens is 280 g/mol. The Morgan fingerprint density at radius 3 is 2.90 bits per heavy atom. The Labute approximate surface area is 120 Å². The van der Waals surface area contributed by atoms with E-state index >= 15 is 0 Å². The van der Waals surface area contributed by atoms with Crippen molar-refractivity contribution in [3.05, 3.63) is 23.9 Å². The SMILES string of the molecule is CC[C@@H]1C(=O)Nc2cnc(Cl)nc2N1c1cnn(C)c1. The Bertz CT molecular complexity index is 670. The molecule has 2 aromatic heterocycles. The lowest BCUT2D eigenvalue weighted by atomic mass is 10.1. The maximum Gasteiger partial charge on any atom is 0.247 e. The summed E-state index contributed by atoms with van der Waals surface area (Å²) < 4.78 is 1.68. The van der Waals surface area contributed by atoms with Gasteiger partial charge >= 0.3 is 0 Å². The fourth-order valence-corrected chi connectivity index (χ4v) is 2.44. The quantitative estimate of drug-likeness (QED) is 0.853. The Morgan fingerprint density at radius 2 is 2.25 bits per heavy atom. The van der Waals surface area contributed by atoms with Gasteiger partial charge in [0.05, 0.1) is 18.1 Å². The number of hydrogen-bond acceptors (Lipinski definition) is 5. The number of carbonyl (C=O) groups excluding carboxylic acids is 1. The standard InChI is InChI=1S/C12H13ClN6O/c1-3-9-11(20)16-8-5-14-12(13)17-10(8)19(9)7-4-15-18(2)6-7/h4-6,9H,3H2,1-2H3,(H,16,20)/t9-/m1/s1. The average molecular weight is 293 g/mol. The van der Waals surface area contributed by atoms with Crippen LogP contribution in [0, 0.1) is 0 Å². The maximum atomic E-state index is 12.2. The van der Waals surface area contributed by atoms with Gasteiger partial charge in [0.25, 0.3) is 0 Å². The zero-order chi connectivity index (χ0) is 14.3. The van der Waals surface area contributed by atoms with Gasteiger partial charge in [-0.05, 0) is 18.0 Å². The van der Waals surface area contributed by atoms with Crippen LogP contribution in [0.4, 0.5) is 17.2 Å². The van der Waals surface area contributed by atoms with Gasteiger partial charge in [-0.15, -0.1) is 0 Å². The molecule has 0 bridgehead atoms. The molecule has 0 unspecified atom stereocenters. The van der Waals surface area contributed by atoms with Crippen molar-refractivity contribution in [3.8, 4) is 0 Å². The van der Waals surface area contributed by atoms with Gasteiger partial charge in [0.15, 0.2) is 5.82 Å². The lowest BCUT2D eigenvalue weighted by molar-refractivity contribution is -0.117. The molecular formula is C12H13ClN6O. The fraction of sp³-hybridized carbons (Fsp3) is 0.333. The summed E-state index contributed by atoms with van der Waals surface area (Å²) in [6, 6.07) is -0.349. The van der Waals surface area contributed by atoms with Crippen LogP contribution in [0.5, 0.6) is 0 Å². The van der Waals surface area contributed by atoms with Crippen LogP contribution in [0.2, 0.25) is 5.28 Å². The number of anilines is 3. The predicted molar refractivity (Wildman–Crippen MR) is 75.1 cm³/mol. The van der Waals surface area contributed by atoms with Gasteiger partial charge < -0.3 is 10.2 Å². The van der Waals surface area contributed by atoms with Crippen LogP contribution in [0.25, 0.3) is 0 Å².